The molecule has 0 spiro atoms. The van der Waals surface area contributed by atoms with Crippen LogP contribution in [0.1, 0.15) is 0 Å². The summed E-state index contributed by atoms with van der Waals surface area (Å²) in [6.07, 6.45) is 0. The summed E-state index contributed by atoms with van der Waals surface area (Å²) in [5.74, 6) is 0.728. The van der Waals surface area contributed by atoms with Crippen molar-refractivity contribution < 1.29 is 0 Å². The maximum absolute atomic E-state index is 5.09. The molecule has 0 N–H and O–H groups in total. The molecule has 0 saturated heterocycles. The minimum absolute atomic E-state index is 0.728. The van der Waals surface area contributed by atoms with Crippen LogP contribution in [0.3, 0.4) is 0 Å². The SMILES string of the molecule is Brc1cc2ccccc2cc1-c1cc(-c2ccccc2)nc(-c2ccc3c(c2)sc2ccccc23)n1. The largest absolute Gasteiger partial charge is 0.228 e. The van der Waals surface area contributed by atoms with Gasteiger partial charge in [0.25, 0.3) is 0 Å². The second-order valence-corrected chi connectivity index (χ2v) is 10.8. The van der Waals surface area contributed by atoms with Crippen molar-refractivity contribution in [1.82, 2.24) is 9.97 Å². The quantitative estimate of drug-likeness (QED) is 0.222. The van der Waals surface area contributed by atoms with Gasteiger partial charge in [-0.15, -0.1) is 11.3 Å². The third-order valence-electron chi connectivity index (χ3n) is 6.54. The van der Waals surface area contributed by atoms with Crippen molar-refractivity contribution in [3.8, 4) is 33.9 Å². The molecule has 170 valence electrons. The highest BCUT2D eigenvalue weighted by Crippen LogP contribution is 2.38. The molecule has 0 aliphatic rings. The van der Waals surface area contributed by atoms with Crippen LogP contribution in [-0.4, -0.2) is 9.97 Å². The van der Waals surface area contributed by atoms with E-state index in [1.54, 1.807) is 0 Å². The van der Waals surface area contributed by atoms with Gasteiger partial charge in [0.2, 0.25) is 0 Å². The fraction of sp³-hybridized carbons (Fsp3) is 0. The van der Waals surface area contributed by atoms with Crippen LogP contribution in [0.25, 0.3) is 64.8 Å². The molecule has 0 fully saturated rings. The second kappa shape index (κ2) is 8.66. The van der Waals surface area contributed by atoms with Gasteiger partial charge in [0.05, 0.1) is 11.4 Å². The molecule has 0 aliphatic heterocycles. The first-order chi connectivity index (χ1) is 17.7. The maximum atomic E-state index is 5.09. The molecule has 2 nitrogen and oxygen atoms in total. The fourth-order valence-corrected chi connectivity index (χ4v) is 6.45. The van der Waals surface area contributed by atoms with Crippen LogP contribution in [-0.2, 0) is 0 Å². The van der Waals surface area contributed by atoms with E-state index in [1.807, 2.05) is 29.5 Å². The molecule has 4 heteroatoms. The summed E-state index contributed by atoms with van der Waals surface area (Å²) < 4.78 is 3.56. The lowest BCUT2D eigenvalue weighted by atomic mass is 10.0. The van der Waals surface area contributed by atoms with Gasteiger partial charge in [0.15, 0.2) is 5.82 Å². The molecule has 7 aromatic rings. The van der Waals surface area contributed by atoms with Crippen molar-refractivity contribution in [2.24, 2.45) is 0 Å². The molecule has 0 bridgehead atoms. The van der Waals surface area contributed by atoms with E-state index in [4.69, 9.17) is 9.97 Å². The molecule has 0 atom stereocenters. The van der Waals surface area contributed by atoms with Crippen molar-refractivity contribution in [1.29, 1.82) is 0 Å². The average Bonchev–Trinajstić information content (AvgIpc) is 3.31. The van der Waals surface area contributed by atoms with Gasteiger partial charge in [-0.25, -0.2) is 9.97 Å². The molecule has 0 amide bonds. The summed E-state index contributed by atoms with van der Waals surface area (Å²) in [7, 11) is 0. The number of nitrogens with zero attached hydrogens (tertiary/aromatic N) is 2. The Balaban J connectivity index is 1.45. The fourth-order valence-electron chi connectivity index (χ4n) is 4.74. The Morgan fingerprint density at radius 3 is 2.08 bits per heavy atom. The van der Waals surface area contributed by atoms with Crippen molar-refractivity contribution in [2.45, 2.75) is 0 Å². The Morgan fingerprint density at radius 1 is 0.528 bits per heavy atom. The Kier molecular flexibility index (Phi) is 5.16. The lowest BCUT2D eigenvalue weighted by Gasteiger charge is -2.12. The summed E-state index contributed by atoms with van der Waals surface area (Å²) in [5, 5.41) is 4.95. The molecule has 7 rings (SSSR count). The zero-order valence-corrected chi connectivity index (χ0v) is 21.6. The minimum atomic E-state index is 0.728. The zero-order chi connectivity index (χ0) is 24.1. The van der Waals surface area contributed by atoms with Gasteiger partial charge in [-0.3, -0.25) is 0 Å². The van der Waals surface area contributed by atoms with Crippen molar-refractivity contribution >= 4 is 58.2 Å². The molecular formula is C32H19BrN2S. The summed E-state index contributed by atoms with van der Waals surface area (Å²) in [4.78, 5) is 10.1. The number of rotatable bonds is 3. The number of aromatic nitrogens is 2. The van der Waals surface area contributed by atoms with E-state index in [-0.39, 0.29) is 0 Å². The normalized spacial score (nSPS) is 11.5. The van der Waals surface area contributed by atoms with Gasteiger partial charge in [-0.2, -0.15) is 0 Å². The predicted octanol–water partition coefficient (Wildman–Crippen LogP) is 9.76. The number of fused-ring (bicyclic) bond motifs is 4. The van der Waals surface area contributed by atoms with Crippen LogP contribution >= 0.6 is 27.3 Å². The van der Waals surface area contributed by atoms with Crippen LogP contribution in [0, 0.1) is 0 Å². The summed E-state index contributed by atoms with van der Waals surface area (Å²) in [5.41, 5.74) is 4.95. The van der Waals surface area contributed by atoms with Crippen molar-refractivity contribution in [2.75, 3.05) is 0 Å². The molecule has 0 radical (unpaired) electrons. The number of thiophene rings is 1. The molecule has 0 unspecified atom stereocenters. The maximum Gasteiger partial charge on any atom is 0.160 e. The third kappa shape index (κ3) is 3.70. The first-order valence-electron chi connectivity index (χ1n) is 11.8. The number of hydrogen-bond acceptors (Lipinski definition) is 3. The van der Waals surface area contributed by atoms with Gasteiger partial charge in [0.1, 0.15) is 0 Å². The van der Waals surface area contributed by atoms with E-state index in [0.29, 0.717) is 0 Å². The Morgan fingerprint density at radius 2 is 1.22 bits per heavy atom. The van der Waals surface area contributed by atoms with E-state index >= 15 is 0 Å². The highest BCUT2D eigenvalue weighted by atomic mass is 79.9. The van der Waals surface area contributed by atoms with E-state index in [1.165, 1.54) is 30.9 Å². The molecular weight excluding hydrogens is 524 g/mol. The Hall–Kier alpha value is -3.86. The van der Waals surface area contributed by atoms with Gasteiger partial charge in [0, 0.05) is 41.3 Å². The zero-order valence-electron chi connectivity index (χ0n) is 19.2. The lowest BCUT2D eigenvalue weighted by molar-refractivity contribution is 1.18. The summed E-state index contributed by atoms with van der Waals surface area (Å²) in [6, 6.07) is 40.3. The monoisotopic (exact) mass is 542 g/mol. The highest BCUT2D eigenvalue weighted by Gasteiger charge is 2.14. The second-order valence-electron chi connectivity index (χ2n) is 8.82. The Bertz CT molecular complexity index is 1910. The smallest absolute Gasteiger partial charge is 0.160 e. The number of halogens is 1. The molecule has 5 aromatic carbocycles. The average molecular weight is 543 g/mol. The van der Waals surface area contributed by atoms with Gasteiger partial charge >= 0.3 is 0 Å². The van der Waals surface area contributed by atoms with Gasteiger partial charge < -0.3 is 0 Å². The molecule has 2 aromatic heterocycles. The number of hydrogen-bond donors (Lipinski definition) is 0. The number of benzene rings is 5. The molecule has 0 saturated carbocycles. The molecule has 2 heterocycles. The summed E-state index contributed by atoms with van der Waals surface area (Å²) in [6.45, 7) is 0. The van der Waals surface area contributed by atoms with Crippen LogP contribution in [0.2, 0.25) is 0 Å². The minimum Gasteiger partial charge on any atom is -0.228 e. The van der Waals surface area contributed by atoms with Crippen LogP contribution in [0.15, 0.2) is 120 Å². The van der Waals surface area contributed by atoms with E-state index in [2.05, 4.69) is 113 Å². The predicted molar refractivity (Wildman–Crippen MR) is 156 cm³/mol. The van der Waals surface area contributed by atoms with Crippen LogP contribution < -0.4 is 0 Å². The standard InChI is InChI=1S/C32H19BrN2S/c33-27-17-22-11-5-4-10-21(22)16-26(27)29-19-28(20-8-2-1-3-9-20)34-32(35-29)23-14-15-25-24-12-6-7-13-30(24)36-31(25)18-23/h1-19H. The van der Waals surface area contributed by atoms with Gasteiger partial charge in [-0.1, -0.05) is 101 Å². The lowest BCUT2D eigenvalue weighted by Crippen LogP contribution is -1.96. The van der Waals surface area contributed by atoms with Crippen molar-refractivity contribution in [3.63, 3.8) is 0 Å². The summed E-state index contributed by atoms with van der Waals surface area (Å²) >= 11 is 5.62. The van der Waals surface area contributed by atoms with Crippen LogP contribution in [0.4, 0.5) is 0 Å². The molecule has 0 aliphatic carbocycles. The Labute approximate surface area is 221 Å². The van der Waals surface area contributed by atoms with Crippen LogP contribution in [0.5, 0.6) is 0 Å². The van der Waals surface area contributed by atoms with E-state index in [9.17, 15) is 0 Å². The third-order valence-corrected chi connectivity index (χ3v) is 8.33. The van der Waals surface area contributed by atoms with Gasteiger partial charge in [-0.05, 0) is 41.1 Å². The topological polar surface area (TPSA) is 25.8 Å². The van der Waals surface area contributed by atoms with E-state index in [0.717, 1.165) is 38.4 Å². The molecule has 36 heavy (non-hydrogen) atoms. The van der Waals surface area contributed by atoms with Crippen molar-refractivity contribution in [3.05, 3.63) is 120 Å². The van der Waals surface area contributed by atoms with E-state index < -0.39 is 0 Å². The first-order valence-corrected chi connectivity index (χ1v) is 13.4. The highest BCUT2D eigenvalue weighted by molar-refractivity contribution is 9.10. The first kappa shape index (κ1) is 21.4.